The molecule has 0 unspecified atom stereocenters. The Morgan fingerprint density at radius 2 is 2.00 bits per heavy atom. The zero-order valence-corrected chi connectivity index (χ0v) is 13.0. The van der Waals surface area contributed by atoms with Gasteiger partial charge in [-0.3, -0.25) is 4.79 Å². The van der Waals surface area contributed by atoms with Crippen LogP contribution < -0.4 is 5.32 Å². The number of nitrogens with zero attached hydrogens (tertiary/aromatic N) is 3. The van der Waals surface area contributed by atoms with E-state index in [-0.39, 0.29) is 17.4 Å². The summed E-state index contributed by atoms with van der Waals surface area (Å²) in [4.78, 5) is 13.4. The molecule has 2 N–H and O–H groups in total. The predicted octanol–water partition coefficient (Wildman–Crippen LogP) is 2.34. The van der Waals surface area contributed by atoms with Crippen molar-refractivity contribution in [3.8, 4) is 17.0 Å². The molecule has 118 valence electrons. The molecule has 0 atom stereocenters. The number of phenolic OH excluding ortho intramolecular Hbond substituents is 1. The molecule has 2 aromatic heterocycles. The van der Waals surface area contributed by atoms with Crippen molar-refractivity contribution in [3.05, 3.63) is 36.1 Å². The van der Waals surface area contributed by atoms with Gasteiger partial charge < -0.3 is 19.7 Å². The maximum Gasteiger partial charge on any atom is 0.289 e. The number of carbonyl (C=O) groups excluding carboxylic acids is 1. The molecule has 0 spiro atoms. The first-order valence-electron chi connectivity index (χ1n) is 6.99. The zero-order chi connectivity index (χ0) is 16.6. The lowest BCUT2D eigenvalue weighted by atomic mass is 10.1. The molecule has 0 radical (unpaired) electrons. The highest BCUT2D eigenvalue weighted by molar-refractivity contribution is 5.97. The Morgan fingerprint density at radius 1 is 1.22 bits per heavy atom. The van der Waals surface area contributed by atoms with Crippen LogP contribution in [0.15, 0.2) is 34.7 Å². The molecule has 23 heavy (non-hydrogen) atoms. The Hall–Kier alpha value is -3.09. The van der Waals surface area contributed by atoms with Crippen LogP contribution in [0.25, 0.3) is 22.2 Å². The number of fused-ring (bicyclic) bond motifs is 1. The second-order valence-corrected chi connectivity index (χ2v) is 5.27. The maximum atomic E-state index is 12.0. The highest BCUT2D eigenvalue weighted by Crippen LogP contribution is 2.33. The van der Waals surface area contributed by atoms with Gasteiger partial charge in [-0.1, -0.05) is 0 Å². The number of nitrogens with one attached hydrogen (secondary N) is 1. The molecule has 0 fully saturated rings. The molecule has 1 amide bonds. The number of aromatic nitrogens is 2. The second kappa shape index (κ2) is 5.60. The quantitative estimate of drug-likeness (QED) is 0.771. The standard InChI is InChI=1S/C16H16N4O3/c1-17-15-5-4-11(18-19-15)10-8-13-9(6-12(10)21)7-14(23-13)16(22)20(2)3/h4-8,21H,1-3H3,(H,17,19). The summed E-state index contributed by atoms with van der Waals surface area (Å²) in [7, 11) is 5.05. The third kappa shape index (κ3) is 2.68. The summed E-state index contributed by atoms with van der Waals surface area (Å²) in [6.45, 7) is 0. The van der Waals surface area contributed by atoms with E-state index in [9.17, 15) is 9.90 Å². The number of carbonyl (C=O) groups is 1. The van der Waals surface area contributed by atoms with E-state index in [0.29, 0.717) is 28.0 Å². The van der Waals surface area contributed by atoms with Crippen LogP contribution in [-0.4, -0.2) is 47.3 Å². The third-order valence-corrected chi connectivity index (χ3v) is 3.45. The van der Waals surface area contributed by atoms with Gasteiger partial charge in [-0.15, -0.1) is 10.2 Å². The third-order valence-electron chi connectivity index (χ3n) is 3.45. The molecule has 0 bridgehead atoms. The summed E-state index contributed by atoms with van der Waals surface area (Å²) in [6, 6.07) is 8.31. The Morgan fingerprint density at radius 3 is 2.61 bits per heavy atom. The van der Waals surface area contributed by atoms with Crippen LogP contribution in [0.5, 0.6) is 5.75 Å². The summed E-state index contributed by atoms with van der Waals surface area (Å²) < 4.78 is 5.59. The number of benzene rings is 1. The molecule has 7 heteroatoms. The lowest BCUT2D eigenvalue weighted by Gasteiger charge is -2.06. The molecule has 0 aliphatic heterocycles. The molecular weight excluding hydrogens is 296 g/mol. The first kappa shape index (κ1) is 14.8. The largest absolute Gasteiger partial charge is 0.507 e. The first-order valence-corrected chi connectivity index (χ1v) is 6.99. The van der Waals surface area contributed by atoms with Crippen LogP contribution >= 0.6 is 0 Å². The topological polar surface area (TPSA) is 91.5 Å². The smallest absolute Gasteiger partial charge is 0.289 e. The van der Waals surface area contributed by atoms with E-state index in [1.54, 1.807) is 51.5 Å². The maximum absolute atomic E-state index is 12.0. The van der Waals surface area contributed by atoms with E-state index < -0.39 is 0 Å². The monoisotopic (exact) mass is 312 g/mol. The highest BCUT2D eigenvalue weighted by Gasteiger charge is 2.17. The van der Waals surface area contributed by atoms with E-state index in [2.05, 4.69) is 15.5 Å². The summed E-state index contributed by atoms with van der Waals surface area (Å²) in [5, 5.41) is 21.8. The molecule has 2 heterocycles. The van der Waals surface area contributed by atoms with Gasteiger partial charge in [0.2, 0.25) is 0 Å². The molecule has 0 saturated carbocycles. The van der Waals surface area contributed by atoms with Gasteiger partial charge in [0.1, 0.15) is 17.2 Å². The number of aromatic hydroxyl groups is 1. The number of furan rings is 1. The van der Waals surface area contributed by atoms with E-state index in [1.807, 2.05) is 0 Å². The van der Waals surface area contributed by atoms with Crippen molar-refractivity contribution in [1.29, 1.82) is 0 Å². The minimum absolute atomic E-state index is 0.0497. The van der Waals surface area contributed by atoms with Crippen LogP contribution in [-0.2, 0) is 0 Å². The average molecular weight is 312 g/mol. The van der Waals surface area contributed by atoms with Gasteiger partial charge in [-0.05, 0) is 30.3 Å². The summed E-state index contributed by atoms with van der Waals surface area (Å²) >= 11 is 0. The normalized spacial score (nSPS) is 10.7. The number of hydrogen-bond donors (Lipinski definition) is 2. The fraction of sp³-hybridized carbons (Fsp3) is 0.188. The average Bonchev–Trinajstić information content (AvgIpc) is 2.96. The molecule has 0 aliphatic carbocycles. The van der Waals surface area contributed by atoms with Crippen molar-refractivity contribution in [3.63, 3.8) is 0 Å². The van der Waals surface area contributed by atoms with Crippen LogP contribution in [0.2, 0.25) is 0 Å². The highest BCUT2D eigenvalue weighted by atomic mass is 16.3. The van der Waals surface area contributed by atoms with Gasteiger partial charge in [-0.2, -0.15) is 0 Å². The molecule has 3 aromatic rings. The Bertz CT molecular complexity index is 869. The van der Waals surface area contributed by atoms with Gasteiger partial charge in [0.15, 0.2) is 5.76 Å². The SMILES string of the molecule is CNc1ccc(-c2cc3oc(C(=O)N(C)C)cc3cc2O)nn1. The molecule has 1 aromatic carbocycles. The number of anilines is 1. The van der Waals surface area contributed by atoms with Crippen molar-refractivity contribution < 1.29 is 14.3 Å². The van der Waals surface area contributed by atoms with Crippen LogP contribution in [0.4, 0.5) is 5.82 Å². The number of rotatable bonds is 3. The molecule has 7 nitrogen and oxygen atoms in total. The summed E-state index contributed by atoms with van der Waals surface area (Å²) in [5.74, 6) is 0.665. The number of amides is 1. The van der Waals surface area contributed by atoms with E-state index in [1.165, 1.54) is 4.90 Å². The Balaban J connectivity index is 2.07. The Kier molecular flexibility index (Phi) is 3.61. The van der Waals surface area contributed by atoms with Gasteiger partial charge in [0.05, 0.1) is 5.69 Å². The predicted molar refractivity (Wildman–Crippen MR) is 86.5 cm³/mol. The lowest BCUT2D eigenvalue weighted by molar-refractivity contribution is 0.0799. The molecule has 3 rings (SSSR count). The lowest BCUT2D eigenvalue weighted by Crippen LogP contribution is -2.20. The van der Waals surface area contributed by atoms with Crippen molar-refractivity contribution in [2.24, 2.45) is 0 Å². The number of phenols is 1. The van der Waals surface area contributed by atoms with Gasteiger partial charge >= 0.3 is 0 Å². The van der Waals surface area contributed by atoms with Crippen molar-refractivity contribution in [2.45, 2.75) is 0 Å². The fourth-order valence-electron chi connectivity index (χ4n) is 2.22. The van der Waals surface area contributed by atoms with Crippen LogP contribution in [0.3, 0.4) is 0 Å². The molecule has 0 saturated heterocycles. The minimum atomic E-state index is -0.236. The van der Waals surface area contributed by atoms with Gasteiger partial charge in [0.25, 0.3) is 5.91 Å². The van der Waals surface area contributed by atoms with E-state index in [4.69, 9.17) is 4.42 Å². The Labute approximate surface area is 132 Å². The van der Waals surface area contributed by atoms with Crippen LogP contribution in [0, 0.1) is 0 Å². The van der Waals surface area contributed by atoms with E-state index in [0.717, 1.165) is 0 Å². The minimum Gasteiger partial charge on any atom is -0.507 e. The second-order valence-electron chi connectivity index (χ2n) is 5.27. The van der Waals surface area contributed by atoms with Crippen molar-refractivity contribution >= 4 is 22.7 Å². The molecular formula is C16H16N4O3. The summed E-state index contributed by atoms with van der Waals surface area (Å²) in [6.07, 6.45) is 0. The van der Waals surface area contributed by atoms with E-state index >= 15 is 0 Å². The van der Waals surface area contributed by atoms with Crippen LogP contribution in [0.1, 0.15) is 10.6 Å². The van der Waals surface area contributed by atoms with Gasteiger partial charge in [0, 0.05) is 32.1 Å². The molecule has 0 aliphatic rings. The number of hydrogen-bond acceptors (Lipinski definition) is 6. The van der Waals surface area contributed by atoms with Gasteiger partial charge in [-0.25, -0.2) is 0 Å². The zero-order valence-electron chi connectivity index (χ0n) is 13.0. The summed E-state index contributed by atoms with van der Waals surface area (Å²) in [5.41, 5.74) is 1.51. The van der Waals surface area contributed by atoms with Crippen molar-refractivity contribution in [2.75, 3.05) is 26.5 Å². The van der Waals surface area contributed by atoms with Crippen molar-refractivity contribution in [1.82, 2.24) is 15.1 Å². The fourth-order valence-corrected chi connectivity index (χ4v) is 2.22. The first-order chi connectivity index (χ1) is 11.0.